The van der Waals surface area contributed by atoms with Crippen LogP contribution in [0.2, 0.25) is 10.0 Å². The maximum atomic E-state index is 12.4. The van der Waals surface area contributed by atoms with Crippen molar-refractivity contribution in [2.45, 2.75) is 32.3 Å². The molecular weight excluding hydrogens is 445 g/mol. The zero-order valence-corrected chi connectivity index (χ0v) is 18.3. The summed E-state index contributed by atoms with van der Waals surface area (Å²) < 4.78 is 16.2. The molecule has 0 aliphatic carbocycles. The summed E-state index contributed by atoms with van der Waals surface area (Å²) in [7, 11) is 0. The molecule has 7 nitrogen and oxygen atoms in total. The Labute approximate surface area is 189 Å². The summed E-state index contributed by atoms with van der Waals surface area (Å²) in [6, 6.07) is 9.53. The Kier molecular flexibility index (Phi) is 7.76. The van der Waals surface area contributed by atoms with Gasteiger partial charge in [-0.25, -0.2) is 0 Å². The van der Waals surface area contributed by atoms with Crippen LogP contribution in [-0.2, 0) is 14.3 Å². The van der Waals surface area contributed by atoms with Gasteiger partial charge in [0.1, 0.15) is 0 Å². The first-order valence-electron chi connectivity index (χ1n) is 9.71. The normalized spacial score (nSPS) is 13.6. The number of carbonyl (C=O) groups is 3. The van der Waals surface area contributed by atoms with Crippen LogP contribution in [0.3, 0.4) is 0 Å². The van der Waals surface area contributed by atoms with E-state index >= 15 is 0 Å². The van der Waals surface area contributed by atoms with E-state index in [1.165, 1.54) is 13.0 Å². The molecule has 9 heteroatoms. The van der Waals surface area contributed by atoms with Crippen molar-refractivity contribution < 1.29 is 28.6 Å². The first-order chi connectivity index (χ1) is 14.8. The van der Waals surface area contributed by atoms with Crippen LogP contribution in [0.15, 0.2) is 36.4 Å². The van der Waals surface area contributed by atoms with Crippen molar-refractivity contribution in [3.8, 4) is 11.5 Å². The Balaban J connectivity index is 1.49. The van der Waals surface area contributed by atoms with Gasteiger partial charge < -0.3 is 19.5 Å². The number of nitrogens with one attached hydrogen (secondary N) is 1. The second-order valence-corrected chi connectivity index (χ2v) is 7.72. The van der Waals surface area contributed by atoms with Gasteiger partial charge in [0.15, 0.2) is 23.4 Å². The van der Waals surface area contributed by atoms with E-state index in [4.69, 9.17) is 37.4 Å². The highest BCUT2D eigenvalue weighted by Gasteiger charge is 2.20. The van der Waals surface area contributed by atoms with Crippen molar-refractivity contribution in [2.24, 2.45) is 0 Å². The highest BCUT2D eigenvalue weighted by molar-refractivity contribution is 6.36. The number of amides is 1. The summed E-state index contributed by atoms with van der Waals surface area (Å²) in [6.45, 7) is 2.50. The van der Waals surface area contributed by atoms with Crippen LogP contribution in [0, 0.1) is 0 Å². The molecule has 1 atom stereocenters. The number of anilines is 1. The van der Waals surface area contributed by atoms with E-state index in [2.05, 4.69) is 5.32 Å². The van der Waals surface area contributed by atoms with Gasteiger partial charge in [0.2, 0.25) is 0 Å². The van der Waals surface area contributed by atoms with Gasteiger partial charge in [-0.15, -0.1) is 0 Å². The molecule has 1 aliphatic heterocycles. The molecule has 2 aromatic rings. The highest BCUT2D eigenvalue weighted by Crippen LogP contribution is 2.31. The number of Topliss-reactive ketones (excluding diaryl/α,β-unsaturated/α-hetero) is 1. The minimum absolute atomic E-state index is 0.0597. The lowest BCUT2D eigenvalue weighted by Gasteiger charge is -2.14. The lowest BCUT2D eigenvalue weighted by atomic mass is 10.1. The monoisotopic (exact) mass is 465 g/mol. The average Bonchev–Trinajstić information content (AvgIpc) is 2.98. The van der Waals surface area contributed by atoms with Gasteiger partial charge in [-0.3, -0.25) is 14.4 Å². The third-order valence-corrected chi connectivity index (χ3v) is 5.04. The molecule has 0 saturated heterocycles. The van der Waals surface area contributed by atoms with Crippen LogP contribution >= 0.6 is 23.2 Å². The fourth-order valence-corrected chi connectivity index (χ4v) is 3.29. The summed E-state index contributed by atoms with van der Waals surface area (Å²) in [6.07, 6.45) is -0.519. The van der Waals surface area contributed by atoms with E-state index in [1.807, 2.05) is 0 Å². The standard InChI is InChI=1S/C22H21Cl2NO6/c1-13(22(28)25-17-5-4-15(23)12-16(17)24)31-21(27)8-6-18(26)14-3-7-19-20(11-14)30-10-2-9-29-19/h3-5,7,11-13H,2,6,8-10H2,1H3,(H,25,28)/t13-/m1/s1. The number of hydrogen-bond acceptors (Lipinski definition) is 6. The average molecular weight is 466 g/mol. The molecule has 0 bridgehead atoms. The SMILES string of the molecule is C[C@@H](OC(=O)CCC(=O)c1ccc2c(c1)OCCCO2)C(=O)Nc1ccc(Cl)cc1Cl. The number of rotatable bonds is 7. The van der Waals surface area contributed by atoms with E-state index in [9.17, 15) is 14.4 Å². The minimum atomic E-state index is -1.06. The van der Waals surface area contributed by atoms with Crippen LogP contribution in [0.25, 0.3) is 0 Å². The smallest absolute Gasteiger partial charge is 0.307 e. The van der Waals surface area contributed by atoms with Crippen LogP contribution in [0.1, 0.15) is 36.5 Å². The molecule has 1 N–H and O–H groups in total. The predicted molar refractivity (Wildman–Crippen MR) is 116 cm³/mol. The van der Waals surface area contributed by atoms with Crippen molar-refractivity contribution in [3.05, 3.63) is 52.0 Å². The molecule has 0 aromatic heterocycles. The predicted octanol–water partition coefficient (Wildman–Crippen LogP) is 4.69. The molecule has 3 rings (SSSR count). The number of esters is 1. The van der Waals surface area contributed by atoms with E-state index in [-0.39, 0.29) is 23.6 Å². The second kappa shape index (κ2) is 10.5. The molecule has 1 heterocycles. The summed E-state index contributed by atoms with van der Waals surface area (Å²) in [5, 5.41) is 3.26. The third-order valence-electron chi connectivity index (χ3n) is 4.49. The lowest BCUT2D eigenvalue weighted by Crippen LogP contribution is -2.30. The van der Waals surface area contributed by atoms with Crippen molar-refractivity contribution in [1.82, 2.24) is 0 Å². The van der Waals surface area contributed by atoms with Crippen LogP contribution in [0.5, 0.6) is 11.5 Å². The second-order valence-electron chi connectivity index (χ2n) is 6.88. The molecule has 0 fully saturated rings. The van der Waals surface area contributed by atoms with Gasteiger partial charge in [0.05, 0.1) is 30.3 Å². The highest BCUT2D eigenvalue weighted by atomic mass is 35.5. The van der Waals surface area contributed by atoms with Gasteiger partial charge >= 0.3 is 5.97 Å². The Morgan fingerprint density at radius 3 is 2.52 bits per heavy atom. The van der Waals surface area contributed by atoms with Crippen molar-refractivity contribution >= 4 is 46.5 Å². The Morgan fingerprint density at radius 2 is 1.77 bits per heavy atom. The van der Waals surface area contributed by atoms with Crippen LogP contribution in [0.4, 0.5) is 5.69 Å². The maximum Gasteiger partial charge on any atom is 0.307 e. The largest absolute Gasteiger partial charge is 0.490 e. The number of benzene rings is 2. The number of halogens is 2. The number of ether oxygens (including phenoxy) is 3. The van der Waals surface area contributed by atoms with Crippen molar-refractivity contribution in [3.63, 3.8) is 0 Å². The molecule has 0 unspecified atom stereocenters. The fraction of sp³-hybridized carbons (Fsp3) is 0.318. The van der Waals surface area contributed by atoms with Gasteiger partial charge in [0, 0.05) is 23.4 Å². The van der Waals surface area contributed by atoms with Gasteiger partial charge in [-0.2, -0.15) is 0 Å². The van der Waals surface area contributed by atoms with Crippen molar-refractivity contribution in [1.29, 1.82) is 0 Å². The van der Waals surface area contributed by atoms with Gasteiger partial charge in [-0.05, 0) is 43.3 Å². The number of fused-ring (bicyclic) bond motifs is 1. The van der Waals surface area contributed by atoms with Crippen LogP contribution in [-0.4, -0.2) is 37.0 Å². The molecule has 1 amide bonds. The topological polar surface area (TPSA) is 90.9 Å². The molecule has 2 aromatic carbocycles. The van der Waals surface area contributed by atoms with E-state index < -0.39 is 18.0 Å². The molecular formula is C22H21Cl2NO6. The molecule has 0 radical (unpaired) electrons. The van der Waals surface area contributed by atoms with E-state index in [1.54, 1.807) is 30.3 Å². The number of carbonyl (C=O) groups excluding carboxylic acids is 3. The molecule has 0 spiro atoms. The minimum Gasteiger partial charge on any atom is -0.490 e. The molecule has 0 saturated carbocycles. The summed E-state index contributed by atoms with van der Waals surface area (Å²) in [5.74, 6) is -0.344. The Bertz CT molecular complexity index is 994. The first-order valence-corrected chi connectivity index (χ1v) is 10.5. The Hall–Kier alpha value is -2.77. The molecule has 31 heavy (non-hydrogen) atoms. The zero-order valence-electron chi connectivity index (χ0n) is 16.8. The first kappa shape index (κ1) is 22.9. The number of hydrogen-bond donors (Lipinski definition) is 1. The van der Waals surface area contributed by atoms with Gasteiger partial charge in [-0.1, -0.05) is 23.2 Å². The maximum absolute atomic E-state index is 12.4. The van der Waals surface area contributed by atoms with Crippen LogP contribution < -0.4 is 14.8 Å². The molecule has 164 valence electrons. The van der Waals surface area contributed by atoms with Crippen molar-refractivity contribution in [2.75, 3.05) is 18.5 Å². The summed E-state index contributed by atoms with van der Waals surface area (Å²) >= 11 is 11.8. The zero-order chi connectivity index (χ0) is 22.4. The third kappa shape index (κ3) is 6.35. The Morgan fingerprint density at radius 1 is 1.03 bits per heavy atom. The van der Waals surface area contributed by atoms with E-state index in [0.29, 0.717) is 41.0 Å². The fourth-order valence-electron chi connectivity index (χ4n) is 2.83. The summed E-state index contributed by atoms with van der Waals surface area (Å²) in [4.78, 5) is 36.8. The van der Waals surface area contributed by atoms with Gasteiger partial charge in [0.25, 0.3) is 5.91 Å². The summed E-state index contributed by atoms with van der Waals surface area (Å²) in [5.41, 5.74) is 0.767. The quantitative estimate of drug-likeness (QED) is 0.471. The van der Waals surface area contributed by atoms with E-state index in [0.717, 1.165) is 6.42 Å². The molecule has 1 aliphatic rings. The lowest BCUT2D eigenvalue weighted by molar-refractivity contribution is -0.153. The number of ketones is 1.